The first-order valence-electron chi connectivity index (χ1n) is 10.5. The first-order valence-corrected chi connectivity index (χ1v) is 11.2. The first-order chi connectivity index (χ1) is 15.9. The van der Waals surface area contributed by atoms with Crippen molar-refractivity contribution in [3.63, 3.8) is 0 Å². The Balaban J connectivity index is 1.77. The van der Waals surface area contributed by atoms with E-state index in [1.807, 2.05) is 28.4 Å². The summed E-state index contributed by atoms with van der Waals surface area (Å²) in [6.45, 7) is 1.25. The van der Waals surface area contributed by atoms with Crippen LogP contribution in [0.1, 0.15) is 0 Å². The highest BCUT2D eigenvalue weighted by atomic mass is 35.5. The maximum atomic E-state index is 13.3. The van der Waals surface area contributed by atoms with E-state index >= 15 is 0 Å². The Morgan fingerprint density at radius 1 is 0.939 bits per heavy atom. The smallest absolute Gasteiger partial charge is 0.259 e. The quantitative estimate of drug-likeness (QED) is 0.333. The fraction of sp³-hybridized carbons (Fsp3) is 0.200. The Morgan fingerprint density at radius 3 is 2.52 bits per heavy atom. The van der Waals surface area contributed by atoms with Gasteiger partial charge in [-0.2, -0.15) is 5.10 Å². The molecule has 3 aromatic heterocycles. The lowest BCUT2D eigenvalue weighted by atomic mass is 10.0. The molecule has 0 unspecified atom stereocenters. The number of benzene rings is 2. The normalized spacial score (nSPS) is 11.7. The fourth-order valence-corrected chi connectivity index (χ4v) is 4.99. The van der Waals surface area contributed by atoms with Gasteiger partial charge in [-0.3, -0.25) is 14.0 Å². The van der Waals surface area contributed by atoms with Crippen LogP contribution in [-0.4, -0.2) is 32.6 Å². The van der Waals surface area contributed by atoms with Gasteiger partial charge in [0.1, 0.15) is 5.65 Å². The summed E-state index contributed by atoms with van der Waals surface area (Å²) >= 11 is 12.5. The SMILES string of the molecule is COCCn1nccc1-c1ccc2c(c1)c1cc(-c3ccc(Cl)cc3Cl)c(=O)n(C)c1n2C. The zero-order chi connectivity index (χ0) is 23.3. The van der Waals surface area contributed by atoms with Crippen LogP contribution < -0.4 is 5.56 Å². The molecule has 0 spiro atoms. The van der Waals surface area contributed by atoms with Crippen molar-refractivity contribution >= 4 is 45.1 Å². The van der Waals surface area contributed by atoms with Crippen LogP contribution in [0.3, 0.4) is 0 Å². The molecule has 0 saturated carbocycles. The number of hydrogen-bond acceptors (Lipinski definition) is 3. The summed E-state index contributed by atoms with van der Waals surface area (Å²) in [7, 11) is 5.44. The van der Waals surface area contributed by atoms with E-state index in [1.165, 1.54) is 0 Å². The van der Waals surface area contributed by atoms with Crippen molar-refractivity contribution in [2.75, 3.05) is 13.7 Å². The Labute approximate surface area is 200 Å². The number of methoxy groups -OCH3 is 1. The third kappa shape index (κ3) is 3.55. The Kier molecular flexibility index (Phi) is 5.52. The third-order valence-electron chi connectivity index (χ3n) is 6.09. The van der Waals surface area contributed by atoms with Crippen molar-refractivity contribution in [1.29, 1.82) is 0 Å². The van der Waals surface area contributed by atoms with Crippen LogP contribution in [0.2, 0.25) is 10.0 Å². The van der Waals surface area contributed by atoms with Crippen molar-refractivity contribution in [1.82, 2.24) is 18.9 Å². The molecule has 168 valence electrons. The highest BCUT2D eigenvalue weighted by molar-refractivity contribution is 6.36. The van der Waals surface area contributed by atoms with Crippen LogP contribution >= 0.6 is 23.2 Å². The van der Waals surface area contributed by atoms with Crippen LogP contribution in [0.25, 0.3) is 44.3 Å². The fourth-order valence-electron chi connectivity index (χ4n) is 4.48. The zero-order valence-electron chi connectivity index (χ0n) is 18.5. The molecule has 3 heterocycles. The largest absolute Gasteiger partial charge is 0.383 e. The molecule has 5 aromatic rings. The summed E-state index contributed by atoms with van der Waals surface area (Å²) in [5.41, 5.74) is 5.01. The number of ether oxygens (including phenoxy) is 1. The molecule has 0 atom stereocenters. The molecule has 0 amide bonds. The lowest BCUT2D eigenvalue weighted by Crippen LogP contribution is -2.20. The standard InChI is InChI=1S/C25H22Cl2N4O2/c1-29-23-7-4-15(22-8-9-28-31(22)10-11-33-3)12-18(23)19-14-20(25(32)30(2)24(19)29)17-6-5-16(26)13-21(17)27/h4-9,12-14H,10-11H2,1-3H3. The van der Waals surface area contributed by atoms with Crippen molar-refractivity contribution in [3.05, 3.63) is 75.1 Å². The van der Waals surface area contributed by atoms with Gasteiger partial charge in [0.2, 0.25) is 0 Å². The van der Waals surface area contributed by atoms with Crippen LogP contribution in [0, 0.1) is 0 Å². The Bertz CT molecular complexity index is 1580. The minimum absolute atomic E-state index is 0.115. The van der Waals surface area contributed by atoms with Gasteiger partial charge in [0.25, 0.3) is 5.56 Å². The number of aromatic nitrogens is 4. The van der Waals surface area contributed by atoms with E-state index in [1.54, 1.807) is 43.1 Å². The van der Waals surface area contributed by atoms with Crippen LogP contribution in [0.5, 0.6) is 0 Å². The van der Waals surface area contributed by atoms with E-state index in [4.69, 9.17) is 27.9 Å². The van der Waals surface area contributed by atoms with Crippen molar-refractivity contribution in [3.8, 4) is 22.4 Å². The highest BCUT2D eigenvalue weighted by Gasteiger charge is 2.18. The molecule has 33 heavy (non-hydrogen) atoms. The number of rotatable bonds is 5. The van der Waals surface area contributed by atoms with Gasteiger partial charge in [0.05, 0.1) is 29.4 Å². The molecule has 0 aliphatic carbocycles. The molecule has 0 aliphatic heterocycles. The summed E-state index contributed by atoms with van der Waals surface area (Å²) < 4.78 is 10.9. The summed E-state index contributed by atoms with van der Waals surface area (Å²) in [4.78, 5) is 13.3. The zero-order valence-corrected chi connectivity index (χ0v) is 20.0. The number of pyridine rings is 1. The lowest BCUT2D eigenvalue weighted by Gasteiger charge is -2.09. The van der Waals surface area contributed by atoms with E-state index in [-0.39, 0.29) is 5.56 Å². The molecule has 0 fully saturated rings. The van der Waals surface area contributed by atoms with Gasteiger partial charge in [-0.15, -0.1) is 0 Å². The Morgan fingerprint density at radius 2 is 1.76 bits per heavy atom. The molecule has 8 heteroatoms. The molecule has 0 bridgehead atoms. The van der Waals surface area contributed by atoms with Gasteiger partial charge in [0.15, 0.2) is 0 Å². The molecule has 0 N–H and O–H groups in total. The second-order valence-corrected chi connectivity index (χ2v) is 8.85. The van der Waals surface area contributed by atoms with E-state index in [9.17, 15) is 4.79 Å². The van der Waals surface area contributed by atoms with Gasteiger partial charge >= 0.3 is 0 Å². The average Bonchev–Trinajstić information content (AvgIpc) is 3.37. The maximum absolute atomic E-state index is 13.3. The summed E-state index contributed by atoms with van der Waals surface area (Å²) in [5.74, 6) is 0. The second kappa shape index (κ2) is 8.37. The van der Waals surface area contributed by atoms with E-state index in [0.29, 0.717) is 34.3 Å². The van der Waals surface area contributed by atoms with Gasteiger partial charge in [0, 0.05) is 59.9 Å². The molecule has 0 saturated heterocycles. The molecule has 0 aliphatic rings. The van der Waals surface area contributed by atoms with Crippen LogP contribution in [0.4, 0.5) is 0 Å². The van der Waals surface area contributed by atoms with Crippen LogP contribution in [-0.2, 0) is 25.4 Å². The van der Waals surface area contributed by atoms with Gasteiger partial charge in [-0.05, 0) is 36.4 Å². The molecular weight excluding hydrogens is 459 g/mol. The summed E-state index contributed by atoms with van der Waals surface area (Å²) in [5, 5.41) is 7.43. The van der Waals surface area contributed by atoms with Gasteiger partial charge in [-0.1, -0.05) is 35.3 Å². The monoisotopic (exact) mass is 480 g/mol. The molecule has 6 nitrogen and oxygen atoms in total. The van der Waals surface area contributed by atoms with E-state index in [2.05, 4.69) is 23.3 Å². The predicted molar refractivity (Wildman–Crippen MR) is 134 cm³/mol. The maximum Gasteiger partial charge on any atom is 0.259 e. The van der Waals surface area contributed by atoms with Gasteiger partial charge < -0.3 is 9.30 Å². The average molecular weight is 481 g/mol. The minimum atomic E-state index is -0.115. The van der Waals surface area contributed by atoms with E-state index in [0.717, 1.165) is 33.2 Å². The molecule has 5 rings (SSSR count). The molecule has 2 aromatic carbocycles. The predicted octanol–water partition coefficient (Wildman–Crippen LogP) is 5.51. The minimum Gasteiger partial charge on any atom is -0.383 e. The third-order valence-corrected chi connectivity index (χ3v) is 6.64. The molecule has 0 radical (unpaired) electrons. The highest BCUT2D eigenvalue weighted by Crippen LogP contribution is 2.35. The van der Waals surface area contributed by atoms with Crippen LogP contribution in [0.15, 0.2) is 59.5 Å². The Hall–Kier alpha value is -3.06. The number of halogens is 2. The first kappa shape index (κ1) is 21.8. The van der Waals surface area contributed by atoms with Crippen molar-refractivity contribution < 1.29 is 4.74 Å². The van der Waals surface area contributed by atoms with E-state index < -0.39 is 0 Å². The number of nitrogens with zero attached hydrogens (tertiary/aromatic N) is 4. The van der Waals surface area contributed by atoms with Crippen molar-refractivity contribution in [2.24, 2.45) is 14.1 Å². The number of fused-ring (bicyclic) bond motifs is 3. The number of aryl methyl sites for hydroxylation is 2. The molecular formula is C25H22Cl2N4O2. The second-order valence-electron chi connectivity index (χ2n) is 8.01. The summed E-state index contributed by atoms with van der Waals surface area (Å²) in [6.07, 6.45) is 1.79. The number of hydrogen-bond donors (Lipinski definition) is 0. The lowest BCUT2D eigenvalue weighted by molar-refractivity contribution is 0.184. The van der Waals surface area contributed by atoms with Crippen molar-refractivity contribution in [2.45, 2.75) is 6.54 Å². The topological polar surface area (TPSA) is 54.0 Å². The summed E-state index contributed by atoms with van der Waals surface area (Å²) in [6, 6.07) is 15.4. The van der Waals surface area contributed by atoms with Gasteiger partial charge in [-0.25, -0.2) is 0 Å².